The molecule has 4 atom stereocenters. The fourth-order valence-corrected chi connectivity index (χ4v) is 3.14. The summed E-state index contributed by atoms with van der Waals surface area (Å²) in [6, 6.07) is -0.183. The van der Waals surface area contributed by atoms with Gasteiger partial charge in [-0.3, -0.25) is 0 Å². The highest BCUT2D eigenvalue weighted by atomic mass is 16.3. The zero-order chi connectivity index (χ0) is 15.4. The van der Waals surface area contributed by atoms with E-state index in [1.807, 2.05) is 13.8 Å². The van der Waals surface area contributed by atoms with Crippen LogP contribution < -0.4 is 0 Å². The minimum absolute atomic E-state index is 0.183. The standard InChI is InChI=1S/C17H35NO2/c1-5-7-9-11-12-16(14(3)18-20)17(15(4)19)13-10-8-6-2/h14-17,19H,5-13H2,1-4H3. The van der Waals surface area contributed by atoms with Gasteiger partial charge in [-0.2, -0.15) is 4.91 Å². The third kappa shape index (κ3) is 7.98. The van der Waals surface area contributed by atoms with Crippen LogP contribution in [0.2, 0.25) is 0 Å². The van der Waals surface area contributed by atoms with Crippen LogP contribution in [-0.4, -0.2) is 17.3 Å². The zero-order valence-electron chi connectivity index (χ0n) is 14.0. The van der Waals surface area contributed by atoms with Crippen LogP contribution >= 0.6 is 0 Å². The van der Waals surface area contributed by atoms with Gasteiger partial charge < -0.3 is 5.11 Å². The average molecular weight is 285 g/mol. The molecular formula is C17H35NO2. The molecule has 0 saturated carbocycles. The Morgan fingerprint density at radius 2 is 1.35 bits per heavy atom. The lowest BCUT2D eigenvalue weighted by atomic mass is 9.77. The van der Waals surface area contributed by atoms with Gasteiger partial charge in [-0.25, -0.2) is 0 Å². The highest BCUT2D eigenvalue weighted by molar-refractivity contribution is 4.82. The van der Waals surface area contributed by atoms with E-state index in [0.29, 0.717) is 0 Å². The molecule has 0 rings (SSSR count). The predicted octanol–water partition coefficient (Wildman–Crippen LogP) is 5.31. The van der Waals surface area contributed by atoms with Crippen molar-refractivity contribution >= 4 is 0 Å². The molecule has 0 saturated heterocycles. The Morgan fingerprint density at radius 1 is 0.850 bits per heavy atom. The SMILES string of the molecule is CCCCCCC(C(C)N=O)C(CCCCC)C(C)O. The highest BCUT2D eigenvalue weighted by Gasteiger charge is 2.30. The minimum Gasteiger partial charge on any atom is -0.393 e. The first-order chi connectivity index (χ1) is 9.58. The van der Waals surface area contributed by atoms with Gasteiger partial charge in [0.25, 0.3) is 0 Å². The second kappa shape index (κ2) is 12.3. The van der Waals surface area contributed by atoms with E-state index in [9.17, 15) is 10.0 Å². The topological polar surface area (TPSA) is 49.7 Å². The Labute approximate surface area is 125 Å². The maximum atomic E-state index is 11.0. The summed E-state index contributed by atoms with van der Waals surface area (Å²) in [4.78, 5) is 11.0. The Morgan fingerprint density at radius 3 is 1.85 bits per heavy atom. The fraction of sp³-hybridized carbons (Fsp3) is 1.00. The Hall–Kier alpha value is -0.440. The summed E-state index contributed by atoms with van der Waals surface area (Å²) < 4.78 is 0. The molecule has 0 aromatic carbocycles. The number of nitrogens with zero attached hydrogens (tertiary/aromatic N) is 1. The molecule has 0 aromatic heterocycles. The summed E-state index contributed by atoms with van der Waals surface area (Å²) in [6.07, 6.45) is 10.1. The van der Waals surface area contributed by atoms with Crippen molar-refractivity contribution in [3.05, 3.63) is 4.91 Å². The molecule has 0 aliphatic carbocycles. The molecule has 0 amide bonds. The minimum atomic E-state index is -0.341. The lowest BCUT2D eigenvalue weighted by molar-refractivity contribution is 0.0672. The predicted molar refractivity (Wildman–Crippen MR) is 86.8 cm³/mol. The number of nitroso groups, excluding NO2 is 1. The molecule has 4 unspecified atom stereocenters. The van der Waals surface area contributed by atoms with E-state index < -0.39 is 0 Å². The Bertz CT molecular complexity index is 231. The molecule has 3 nitrogen and oxygen atoms in total. The van der Waals surface area contributed by atoms with Gasteiger partial charge >= 0.3 is 0 Å². The molecule has 1 N–H and O–H groups in total. The number of aliphatic hydroxyl groups is 1. The number of unbranched alkanes of at least 4 members (excludes halogenated alkanes) is 5. The number of hydrogen-bond acceptors (Lipinski definition) is 3. The quantitative estimate of drug-likeness (QED) is 0.368. The molecule has 0 spiro atoms. The number of hydrogen-bond donors (Lipinski definition) is 1. The first-order valence-electron chi connectivity index (χ1n) is 8.58. The molecule has 0 heterocycles. The number of rotatable bonds is 13. The van der Waals surface area contributed by atoms with Crippen LogP contribution in [0, 0.1) is 16.7 Å². The van der Waals surface area contributed by atoms with E-state index in [4.69, 9.17) is 0 Å². The van der Waals surface area contributed by atoms with E-state index >= 15 is 0 Å². The Balaban J connectivity index is 4.52. The molecule has 0 radical (unpaired) electrons. The summed E-state index contributed by atoms with van der Waals surface area (Å²) in [5.74, 6) is 0.456. The summed E-state index contributed by atoms with van der Waals surface area (Å²) in [7, 11) is 0. The molecule has 0 aliphatic rings. The Kier molecular flexibility index (Phi) is 12.0. The first kappa shape index (κ1) is 19.6. The summed E-state index contributed by atoms with van der Waals surface area (Å²) in [5, 5.41) is 13.3. The zero-order valence-corrected chi connectivity index (χ0v) is 14.0. The molecule has 0 fully saturated rings. The van der Waals surface area contributed by atoms with Crippen LogP contribution in [0.3, 0.4) is 0 Å². The monoisotopic (exact) mass is 285 g/mol. The van der Waals surface area contributed by atoms with Crippen molar-refractivity contribution in [3.8, 4) is 0 Å². The summed E-state index contributed by atoms with van der Waals surface area (Å²) >= 11 is 0. The van der Waals surface area contributed by atoms with Gasteiger partial charge in [-0.05, 0) is 38.5 Å². The molecule has 3 heteroatoms. The van der Waals surface area contributed by atoms with Crippen LogP contribution in [0.1, 0.15) is 85.5 Å². The molecule has 0 aliphatic heterocycles. The van der Waals surface area contributed by atoms with Gasteiger partial charge in [0.2, 0.25) is 0 Å². The van der Waals surface area contributed by atoms with Gasteiger partial charge in [0, 0.05) is 0 Å². The van der Waals surface area contributed by atoms with E-state index in [1.165, 1.54) is 32.1 Å². The van der Waals surface area contributed by atoms with Crippen molar-refractivity contribution in [2.45, 2.75) is 97.6 Å². The second-order valence-corrected chi connectivity index (χ2v) is 6.26. The highest BCUT2D eigenvalue weighted by Crippen LogP contribution is 2.31. The average Bonchev–Trinajstić information content (AvgIpc) is 2.44. The van der Waals surface area contributed by atoms with Crippen molar-refractivity contribution < 1.29 is 5.11 Å². The third-order valence-electron chi connectivity index (χ3n) is 4.49. The van der Waals surface area contributed by atoms with Crippen molar-refractivity contribution in [2.24, 2.45) is 17.0 Å². The van der Waals surface area contributed by atoms with E-state index in [1.54, 1.807) is 0 Å². The molecule has 0 aromatic rings. The maximum absolute atomic E-state index is 11.0. The normalized spacial score (nSPS) is 17.4. The molecular weight excluding hydrogens is 250 g/mol. The van der Waals surface area contributed by atoms with E-state index in [2.05, 4.69) is 19.0 Å². The smallest absolute Gasteiger partial charge is 0.0923 e. The van der Waals surface area contributed by atoms with Crippen molar-refractivity contribution in [2.75, 3.05) is 0 Å². The summed E-state index contributed by atoms with van der Waals surface area (Å²) in [5.41, 5.74) is 0. The molecule has 0 bridgehead atoms. The van der Waals surface area contributed by atoms with Crippen LogP contribution in [0.4, 0.5) is 0 Å². The van der Waals surface area contributed by atoms with Crippen LogP contribution in [0.5, 0.6) is 0 Å². The van der Waals surface area contributed by atoms with Crippen LogP contribution in [0.25, 0.3) is 0 Å². The first-order valence-corrected chi connectivity index (χ1v) is 8.58. The summed E-state index contributed by atoms with van der Waals surface area (Å²) in [6.45, 7) is 8.17. The largest absolute Gasteiger partial charge is 0.393 e. The fourth-order valence-electron chi connectivity index (χ4n) is 3.14. The third-order valence-corrected chi connectivity index (χ3v) is 4.49. The lowest BCUT2D eigenvalue weighted by Crippen LogP contribution is -2.32. The van der Waals surface area contributed by atoms with Gasteiger partial charge in [0.15, 0.2) is 0 Å². The van der Waals surface area contributed by atoms with E-state index in [-0.39, 0.29) is 24.0 Å². The molecule has 120 valence electrons. The van der Waals surface area contributed by atoms with E-state index in [0.717, 1.165) is 25.7 Å². The van der Waals surface area contributed by atoms with Crippen molar-refractivity contribution in [3.63, 3.8) is 0 Å². The number of aliphatic hydroxyl groups excluding tert-OH is 1. The van der Waals surface area contributed by atoms with Gasteiger partial charge in [-0.15, -0.1) is 0 Å². The van der Waals surface area contributed by atoms with Crippen molar-refractivity contribution in [1.29, 1.82) is 0 Å². The van der Waals surface area contributed by atoms with Crippen LogP contribution in [-0.2, 0) is 0 Å². The van der Waals surface area contributed by atoms with Gasteiger partial charge in [0.1, 0.15) is 0 Å². The maximum Gasteiger partial charge on any atom is 0.0923 e. The van der Waals surface area contributed by atoms with Crippen LogP contribution in [0.15, 0.2) is 5.18 Å². The van der Waals surface area contributed by atoms with Gasteiger partial charge in [-0.1, -0.05) is 64.0 Å². The van der Waals surface area contributed by atoms with Gasteiger partial charge in [0.05, 0.1) is 12.1 Å². The lowest BCUT2D eigenvalue weighted by Gasteiger charge is -2.31. The van der Waals surface area contributed by atoms with Crippen molar-refractivity contribution in [1.82, 2.24) is 0 Å². The molecule has 20 heavy (non-hydrogen) atoms. The second-order valence-electron chi connectivity index (χ2n) is 6.26.